The number of aryl methyl sites for hydroxylation is 3. The van der Waals surface area contributed by atoms with Gasteiger partial charge in [0.05, 0.1) is 30.6 Å². The number of ether oxygens (including phenoxy) is 1. The molecular formula is C20H18N6O2. The number of aromatic nitrogens is 6. The molecule has 4 heterocycles. The van der Waals surface area contributed by atoms with Crippen LogP contribution in [0.1, 0.15) is 33.1 Å². The largest absolute Gasteiger partial charge is 0.453 e. The van der Waals surface area contributed by atoms with Gasteiger partial charge in [-0.15, -0.1) is 10.2 Å². The Morgan fingerprint density at radius 1 is 1.11 bits per heavy atom. The Bertz CT molecular complexity index is 1170. The minimum atomic E-state index is -0.112. The van der Waals surface area contributed by atoms with E-state index in [1.807, 2.05) is 26.0 Å². The van der Waals surface area contributed by atoms with Crippen molar-refractivity contribution in [3.05, 3.63) is 71.5 Å². The van der Waals surface area contributed by atoms with Gasteiger partial charge in [-0.1, -0.05) is 6.07 Å². The minimum absolute atomic E-state index is 0.112. The van der Waals surface area contributed by atoms with E-state index in [1.165, 1.54) is 6.33 Å². The van der Waals surface area contributed by atoms with Crippen LogP contribution in [0, 0.1) is 20.8 Å². The van der Waals surface area contributed by atoms with Gasteiger partial charge in [0.15, 0.2) is 17.2 Å². The molecule has 8 nitrogen and oxygen atoms in total. The molecule has 0 aliphatic carbocycles. The zero-order valence-corrected chi connectivity index (χ0v) is 15.7. The fraction of sp³-hybridized carbons (Fsp3) is 0.200. The molecule has 0 unspecified atom stereocenters. The first-order valence-electron chi connectivity index (χ1n) is 8.76. The van der Waals surface area contributed by atoms with E-state index in [4.69, 9.17) is 4.74 Å². The van der Waals surface area contributed by atoms with E-state index in [9.17, 15) is 4.79 Å². The van der Waals surface area contributed by atoms with Crippen molar-refractivity contribution in [2.24, 2.45) is 0 Å². The van der Waals surface area contributed by atoms with Gasteiger partial charge in [-0.3, -0.25) is 14.2 Å². The number of carbonyl (C=O) groups is 1. The van der Waals surface area contributed by atoms with E-state index in [1.54, 1.807) is 36.0 Å². The molecule has 140 valence electrons. The molecule has 4 aromatic rings. The van der Waals surface area contributed by atoms with E-state index >= 15 is 0 Å². The molecular weight excluding hydrogens is 356 g/mol. The highest BCUT2D eigenvalue weighted by atomic mass is 16.5. The summed E-state index contributed by atoms with van der Waals surface area (Å²) in [7, 11) is 0. The number of nitrogens with zero attached hydrogens (tertiary/aromatic N) is 6. The van der Waals surface area contributed by atoms with Crippen LogP contribution in [0.15, 0.2) is 43.1 Å². The number of pyridine rings is 2. The number of Topliss-reactive ketones (excluding diaryl/α,β-unsaturated/α-hetero) is 1. The third-order valence-electron chi connectivity index (χ3n) is 4.41. The van der Waals surface area contributed by atoms with Crippen molar-refractivity contribution >= 4 is 11.4 Å². The summed E-state index contributed by atoms with van der Waals surface area (Å²) in [6, 6.07) is 5.49. The maximum atomic E-state index is 13.0. The summed E-state index contributed by atoms with van der Waals surface area (Å²) in [6.07, 6.45) is 6.57. The summed E-state index contributed by atoms with van der Waals surface area (Å²) in [6.45, 7) is 5.71. The van der Waals surface area contributed by atoms with E-state index in [2.05, 4.69) is 25.1 Å². The smallest absolute Gasteiger partial charge is 0.172 e. The average Bonchev–Trinajstić information content (AvgIpc) is 3.14. The van der Waals surface area contributed by atoms with Crippen LogP contribution in [0.2, 0.25) is 0 Å². The molecule has 28 heavy (non-hydrogen) atoms. The summed E-state index contributed by atoms with van der Waals surface area (Å²) < 4.78 is 7.48. The van der Waals surface area contributed by atoms with Gasteiger partial charge in [0.1, 0.15) is 17.9 Å². The Balaban J connectivity index is 1.67. The van der Waals surface area contributed by atoms with Crippen LogP contribution in [-0.2, 0) is 6.42 Å². The van der Waals surface area contributed by atoms with Crippen LogP contribution >= 0.6 is 0 Å². The van der Waals surface area contributed by atoms with E-state index < -0.39 is 0 Å². The summed E-state index contributed by atoms with van der Waals surface area (Å²) in [4.78, 5) is 25.7. The number of fused-ring (bicyclic) bond motifs is 1. The fourth-order valence-corrected chi connectivity index (χ4v) is 2.78. The number of hydrogen-bond donors (Lipinski definition) is 0. The molecule has 0 fully saturated rings. The van der Waals surface area contributed by atoms with Crippen molar-refractivity contribution < 1.29 is 9.53 Å². The summed E-state index contributed by atoms with van der Waals surface area (Å²) in [5.41, 5.74) is 3.61. The van der Waals surface area contributed by atoms with Crippen LogP contribution in [0.4, 0.5) is 0 Å². The molecule has 0 radical (unpaired) electrons. The van der Waals surface area contributed by atoms with Crippen LogP contribution in [0.5, 0.6) is 11.5 Å². The molecule has 0 N–H and O–H groups in total. The number of hydrogen-bond acceptors (Lipinski definition) is 7. The first-order chi connectivity index (χ1) is 13.5. The van der Waals surface area contributed by atoms with E-state index in [0.29, 0.717) is 34.2 Å². The highest BCUT2D eigenvalue weighted by molar-refractivity contribution is 6.02. The molecule has 0 aliphatic heterocycles. The summed E-state index contributed by atoms with van der Waals surface area (Å²) in [5, 5.41) is 7.97. The maximum Gasteiger partial charge on any atom is 0.172 e. The Hall–Kier alpha value is -3.68. The average molecular weight is 374 g/mol. The molecule has 4 rings (SSSR count). The van der Waals surface area contributed by atoms with E-state index in [0.717, 1.165) is 11.3 Å². The zero-order chi connectivity index (χ0) is 19.7. The lowest BCUT2D eigenvalue weighted by molar-refractivity contribution is 0.0992. The summed E-state index contributed by atoms with van der Waals surface area (Å²) >= 11 is 0. The number of ketones is 1. The first-order valence-corrected chi connectivity index (χ1v) is 8.76. The van der Waals surface area contributed by atoms with Crippen molar-refractivity contribution in [2.45, 2.75) is 27.2 Å². The highest BCUT2D eigenvalue weighted by Crippen LogP contribution is 2.24. The van der Waals surface area contributed by atoms with Gasteiger partial charge >= 0.3 is 0 Å². The second kappa shape index (κ2) is 7.15. The van der Waals surface area contributed by atoms with Crippen molar-refractivity contribution in [3.8, 4) is 11.5 Å². The highest BCUT2D eigenvalue weighted by Gasteiger charge is 2.17. The molecule has 0 saturated heterocycles. The minimum Gasteiger partial charge on any atom is -0.453 e. The second-order valence-electron chi connectivity index (χ2n) is 6.52. The van der Waals surface area contributed by atoms with Crippen molar-refractivity contribution in [1.82, 2.24) is 29.5 Å². The molecule has 0 atom stereocenters. The Morgan fingerprint density at radius 2 is 1.89 bits per heavy atom. The van der Waals surface area contributed by atoms with Gasteiger partial charge in [0, 0.05) is 11.4 Å². The Morgan fingerprint density at radius 3 is 2.64 bits per heavy atom. The number of carbonyl (C=O) groups excluding carboxylic acids is 1. The standard InChI is InChI=1S/C20H18N6O2/c1-12-4-5-15(24-13(12)2)6-19(27)18-7-16(10-26-11-23-25-20(18)26)28-17-8-21-14(3)22-9-17/h4-5,7-11H,6H2,1-3H3. The normalized spacial score (nSPS) is 11.0. The molecule has 8 heteroatoms. The third kappa shape index (κ3) is 3.57. The van der Waals surface area contributed by atoms with Gasteiger partial charge in [-0.2, -0.15) is 0 Å². The molecule has 0 amide bonds. The van der Waals surface area contributed by atoms with Crippen molar-refractivity contribution in [1.29, 1.82) is 0 Å². The molecule has 0 spiro atoms. The Labute approximate surface area is 161 Å². The predicted molar refractivity (Wildman–Crippen MR) is 102 cm³/mol. The van der Waals surface area contributed by atoms with Gasteiger partial charge < -0.3 is 4.74 Å². The fourth-order valence-electron chi connectivity index (χ4n) is 2.78. The maximum absolute atomic E-state index is 13.0. The first kappa shape index (κ1) is 17.7. The summed E-state index contributed by atoms with van der Waals surface area (Å²) in [5.74, 6) is 1.49. The molecule has 0 bridgehead atoms. The monoisotopic (exact) mass is 374 g/mol. The lowest BCUT2D eigenvalue weighted by atomic mass is 10.1. The van der Waals surface area contributed by atoms with Gasteiger partial charge in [-0.25, -0.2) is 9.97 Å². The topological polar surface area (TPSA) is 95.2 Å². The zero-order valence-electron chi connectivity index (χ0n) is 15.7. The SMILES string of the molecule is Cc1ncc(Oc2cc(C(=O)Cc3ccc(C)c(C)n3)c3nncn3c2)cn1. The van der Waals surface area contributed by atoms with E-state index in [-0.39, 0.29) is 12.2 Å². The molecule has 0 saturated carbocycles. The molecule has 0 aliphatic rings. The van der Waals surface area contributed by atoms with Crippen LogP contribution in [-0.4, -0.2) is 35.3 Å². The van der Waals surface area contributed by atoms with Crippen LogP contribution in [0.25, 0.3) is 5.65 Å². The predicted octanol–water partition coefficient (Wildman–Crippen LogP) is 3.06. The Kier molecular flexibility index (Phi) is 4.52. The van der Waals surface area contributed by atoms with Crippen LogP contribution in [0.3, 0.4) is 0 Å². The molecule has 0 aromatic carbocycles. The second-order valence-corrected chi connectivity index (χ2v) is 6.52. The van der Waals surface area contributed by atoms with Gasteiger partial charge in [-0.05, 0) is 38.5 Å². The van der Waals surface area contributed by atoms with Gasteiger partial charge in [0.2, 0.25) is 0 Å². The third-order valence-corrected chi connectivity index (χ3v) is 4.41. The number of rotatable bonds is 5. The van der Waals surface area contributed by atoms with Crippen molar-refractivity contribution in [2.75, 3.05) is 0 Å². The lowest BCUT2D eigenvalue weighted by Crippen LogP contribution is -2.08. The lowest BCUT2D eigenvalue weighted by Gasteiger charge is -2.09. The van der Waals surface area contributed by atoms with Crippen LogP contribution < -0.4 is 4.74 Å². The molecule has 4 aromatic heterocycles. The quantitative estimate of drug-likeness (QED) is 0.495. The van der Waals surface area contributed by atoms with Crippen molar-refractivity contribution in [3.63, 3.8) is 0 Å². The van der Waals surface area contributed by atoms with Gasteiger partial charge in [0.25, 0.3) is 0 Å².